The molecule has 2 saturated heterocycles. The number of carbonyl (C=O) groups is 3. The first-order valence-corrected chi connectivity index (χ1v) is 50.1. The molecule has 5 aliphatic rings. The standard InChI is InChI=1S/C29H33N5O4.C20H23N5O2.C16H17BrN2O3.C13H18BN3O3.C13H16IN3O.C12H24B2O4.C2H6/c1-29(2,3)31-28-30-25-21(8-7-9-22(25)26(35)32(28)4)19-14-23-27(36)34(13-12-33(23)17-19)16-18-10-11-20(37-5)15-24(18)38-6;1-20(2,3)23-19-22-16-13(6-5-7-14(16)18(27)24(19)4)12-10-15-17(26)21-8-9-25(15)11-12;1-21-13-4-3-11(15(8-13)22-2)9-19-6-5-18-10-12(17)7-14(18)16(19)20;1-13(2,3)16-12-15-10-8(11(18)17(12)4)6-5-7-9(10)14(19)20;1-13(2,3)16-12-15-10-8(11(18)17(12)4)6-5-7-9(10)14;1-9(2)10(3,4)16-13(15-9)14-17-11(5,6)12(7,8)18-14;1-2/h7-11,14-15,17H,12-13,16H2,1-6H3,(H,30,31);5-7,10-11H,8-9H2,1-4H3,(H,21,26)(H,22,23);3-4,7-8,10H,5-6,9H2,1-2H3;5-7,19-20H,1-4H3,(H,15,16);5-7H,1-4H3,(H,15,16);1-8H3;1-2H3. The van der Waals surface area contributed by atoms with E-state index in [4.69, 9.17) is 47.5 Å². The van der Waals surface area contributed by atoms with Crippen LogP contribution in [0.1, 0.15) is 195 Å². The van der Waals surface area contributed by atoms with E-state index < -0.39 is 21.1 Å². The molecule has 40 heteroatoms. The van der Waals surface area contributed by atoms with Gasteiger partial charge in [0.25, 0.3) is 40.0 Å². The Hall–Kier alpha value is -12.3. The summed E-state index contributed by atoms with van der Waals surface area (Å²) in [6.45, 7) is 49.4. The van der Waals surface area contributed by atoms with Crippen LogP contribution in [-0.2, 0) is 79.5 Å². The van der Waals surface area contributed by atoms with Gasteiger partial charge in [-0.2, -0.15) is 0 Å². The highest BCUT2D eigenvalue weighted by atomic mass is 127. The minimum Gasteiger partial charge on any atom is -0.497 e. The molecule has 3 amide bonds. The summed E-state index contributed by atoms with van der Waals surface area (Å²) >= 11 is 5.62. The number of hydrogen-bond acceptors (Lipinski definition) is 25. The Morgan fingerprint density at radius 1 is 0.428 bits per heavy atom. The molecule has 35 nitrogen and oxygen atoms in total. The van der Waals surface area contributed by atoms with Crippen LogP contribution in [0.4, 0.5) is 23.8 Å². The maximum absolute atomic E-state index is 13.5. The molecule has 18 rings (SSSR count). The van der Waals surface area contributed by atoms with Gasteiger partial charge in [-0.1, -0.05) is 56.3 Å². The third-order valence-corrected chi connectivity index (χ3v) is 26.8. The molecule has 5 aliphatic heterocycles. The summed E-state index contributed by atoms with van der Waals surface area (Å²) in [5, 5.41) is 36.8. The Bertz CT molecular complexity index is 7200. The van der Waals surface area contributed by atoms with E-state index in [2.05, 4.69) is 75.1 Å². The number of nitrogens with zero attached hydrogens (tertiary/aromatic N) is 13. The van der Waals surface area contributed by atoms with E-state index in [9.17, 15) is 43.6 Å². The number of aromatic nitrogens is 11. The zero-order chi connectivity index (χ0) is 107. The highest BCUT2D eigenvalue weighted by Crippen LogP contribution is 2.44. The fraction of sp³-hybridized carbons (Fsp3) is 0.438. The highest BCUT2D eigenvalue weighted by Gasteiger charge is 2.64. The number of nitrogens with one attached hydrogen (secondary N) is 5. The van der Waals surface area contributed by atoms with Crippen molar-refractivity contribution in [2.75, 3.05) is 69.3 Å². The number of amides is 3. The quantitative estimate of drug-likeness (QED) is 0.0349. The van der Waals surface area contributed by atoms with E-state index in [0.29, 0.717) is 130 Å². The first-order valence-electron chi connectivity index (χ1n) is 48.2. The van der Waals surface area contributed by atoms with Crippen molar-refractivity contribution in [2.45, 2.75) is 230 Å². The van der Waals surface area contributed by atoms with E-state index in [1.54, 1.807) is 91.5 Å². The molecule has 12 heterocycles. The van der Waals surface area contributed by atoms with E-state index in [1.165, 1.54) is 13.7 Å². The molecule has 0 spiro atoms. The molecule has 7 aromatic heterocycles. The number of halogens is 2. The number of ether oxygens (including phenoxy) is 4. The Balaban J connectivity index is 0.000000158. The van der Waals surface area contributed by atoms with Crippen LogP contribution in [0.25, 0.3) is 65.9 Å². The summed E-state index contributed by atoms with van der Waals surface area (Å²) in [7, 11) is 10.7. The number of hydrogen-bond donors (Lipinski definition) is 7. The largest absolute Gasteiger partial charge is 0.497 e. The second-order valence-corrected chi connectivity index (χ2v) is 44.1. The molecule has 0 radical (unpaired) electrons. The predicted molar refractivity (Wildman–Crippen MR) is 587 cm³/mol. The van der Waals surface area contributed by atoms with E-state index in [-0.39, 0.29) is 90.0 Å². The number of benzene rings is 6. The van der Waals surface area contributed by atoms with Gasteiger partial charge in [0, 0.05) is 180 Å². The van der Waals surface area contributed by atoms with Gasteiger partial charge in [0.2, 0.25) is 23.8 Å². The van der Waals surface area contributed by atoms with Crippen molar-refractivity contribution in [3.05, 3.63) is 224 Å². The molecule has 6 aromatic carbocycles. The van der Waals surface area contributed by atoms with Crippen LogP contribution in [0.5, 0.6) is 23.0 Å². The fourth-order valence-electron chi connectivity index (χ4n) is 16.6. The molecule has 145 heavy (non-hydrogen) atoms. The molecule has 772 valence electrons. The van der Waals surface area contributed by atoms with Crippen molar-refractivity contribution in [3.8, 4) is 45.3 Å². The van der Waals surface area contributed by atoms with Crippen LogP contribution >= 0.6 is 38.5 Å². The van der Waals surface area contributed by atoms with E-state index >= 15 is 0 Å². The van der Waals surface area contributed by atoms with Crippen LogP contribution in [0.2, 0.25) is 0 Å². The fourth-order valence-corrected chi connectivity index (χ4v) is 17.6. The predicted octanol–water partition coefficient (Wildman–Crippen LogP) is 15.4. The van der Waals surface area contributed by atoms with Gasteiger partial charge in [-0.25, -0.2) is 19.9 Å². The lowest BCUT2D eigenvalue weighted by molar-refractivity contribution is 0.00578. The second kappa shape index (κ2) is 44.2. The molecule has 0 saturated carbocycles. The van der Waals surface area contributed by atoms with Gasteiger partial charge in [0.15, 0.2) is 0 Å². The molecule has 13 aromatic rings. The lowest BCUT2D eigenvalue weighted by atomic mass is 9.49. The zero-order valence-electron chi connectivity index (χ0n) is 88.8. The summed E-state index contributed by atoms with van der Waals surface area (Å²) in [5.74, 6) is 4.78. The van der Waals surface area contributed by atoms with Gasteiger partial charge in [0.05, 0.1) is 94.5 Å². The first kappa shape index (κ1) is 111. The summed E-state index contributed by atoms with van der Waals surface area (Å²) in [4.78, 5) is 111. The van der Waals surface area contributed by atoms with Crippen LogP contribution in [0.3, 0.4) is 0 Å². The number of para-hydroxylation sites is 4. The van der Waals surface area contributed by atoms with Crippen LogP contribution in [-0.4, -0.2) is 203 Å². The van der Waals surface area contributed by atoms with E-state index in [0.717, 1.165) is 71.5 Å². The van der Waals surface area contributed by atoms with Gasteiger partial charge in [0.1, 0.15) is 40.1 Å². The average Bonchev–Trinajstić information content (AvgIpc) is 1.61. The monoisotopic (exact) mass is 2160 g/mol. The average molecular weight is 2160 g/mol. The molecule has 0 bridgehead atoms. The maximum atomic E-state index is 13.5. The normalized spacial score (nSPS) is 15.4. The number of carbonyl (C=O) groups excluding carboxylic acids is 3. The van der Waals surface area contributed by atoms with Gasteiger partial charge < -0.3 is 97.7 Å². The Labute approximate surface area is 869 Å². The Kier molecular flexibility index (Phi) is 33.9. The van der Waals surface area contributed by atoms with Crippen molar-refractivity contribution < 1.29 is 62.0 Å². The summed E-state index contributed by atoms with van der Waals surface area (Å²) < 4.78 is 59.2. The third kappa shape index (κ3) is 25.3. The van der Waals surface area contributed by atoms with Gasteiger partial charge in [-0.3, -0.25) is 51.8 Å². The third-order valence-electron chi connectivity index (χ3n) is 25.5. The second-order valence-electron chi connectivity index (χ2n) is 42.0. The van der Waals surface area contributed by atoms with Gasteiger partial charge in [-0.05, 0) is 250 Å². The molecule has 0 atom stereocenters. The van der Waals surface area contributed by atoms with Crippen LogP contribution < -0.4 is 73.2 Å². The molecule has 0 unspecified atom stereocenters. The smallest absolute Gasteiger partial charge is 0.490 e. The van der Waals surface area contributed by atoms with Crippen molar-refractivity contribution in [3.63, 3.8) is 0 Å². The van der Waals surface area contributed by atoms with Crippen LogP contribution in [0, 0.1) is 3.57 Å². The van der Waals surface area contributed by atoms with E-state index in [1.807, 2.05) is 291 Å². The van der Waals surface area contributed by atoms with Gasteiger partial charge >= 0.3 is 21.1 Å². The van der Waals surface area contributed by atoms with Crippen molar-refractivity contribution in [2.24, 2.45) is 28.2 Å². The maximum Gasteiger partial charge on any atom is 0.490 e. The lowest BCUT2D eigenvalue weighted by Crippen LogP contribution is -2.41. The molecular formula is C105H137B3BrIN18O17. The number of anilines is 4. The Morgan fingerprint density at radius 3 is 1.12 bits per heavy atom. The summed E-state index contributed by atoms with van der Waals surface area (Å²) in [6, 6.07) is 38.5. The highest BCUT2D eigenvalue weighted by molar-refractivity contribution is 14.1. The number of methoxy groups -OCH3 is 4. The molecular weight excluding hydrogens is 2020 g/mol. The summed E-state index contributed by atoms with van der Waals surface area (Å²) in [6.07, 6.45) is 5.88. The topological polar surface area (TPSA) is 386 Å². The number of fused-ring (bicyclic) bond motifs is 7. The number of rotatable bonds is 16. The minimum atomic E-state index is -1.67. The van der Waals surface area contributed by atoms with Crippen molar-refractivity contribution >= 4 is 150 Å². The molecule has 7 N–H and O–H groups in total. The molecule has 0 aliphatic carbocycles. The molecule has 2 fully saturated rings. The zero-order valence-corrected chi connectivity index (χ0v) is 92.6. The van der Waals surface area contributed by atoms with Crippen molar-refractivity contribution in [1.82, 2.24) is 67.0 Å². The minimum absolute atomic E-state index is 0.0229. The van der Waals surface area contributed by atoms with Crippen molar-refractivity contribution in [1.29, 1.82) is 0 Å². The lowest BCUT2D eigenvalue weighted by Gasteiger charge is -2.32. The SMILES string of the molecule is CC.CC1(C)OB(B2OC(C)(C)C(C)(C)O2)OC1(C)C.COc1ccc(CN2CCn3cc(-c4cccc5c(=O)n(C)c(NC(C)(C)C)nc45)cc3C2=O)c(OC)c1.COc1ccc(CN2CCn3cc(Br)cc3C2=O)c(OC)c1.Cn1c(NC(C)(C)C)nc2c(-c3cc4n(c3)CCNC4=O)cccc2c1=O.Cn1c(NC(C)(C)C)nc2c(B(O)O)cccc2c1=O.Cn1c(NC(C)(C)C)nc2c(I)cccc2c1=O. The first-order chi connectivity index (χ1) is 67.8. The van der Waals surface area contributed by atoms with Gasteiger partial charge in [-0.15, -0.1) is 0 Å². The van der Waals surface area contributed by atoms with Crippen LogP contribution in [0.15, 0.2) is 170 Å². The summed E-state index contributed by atoms with van der Waals surface area (Å²) in [5.41, 5.74) is 6.93. The Morgan fingerprint density at radius 2 is 0.759 bits per heavy atom.